The Bertz CT molecular complexity index is 1220. The Kier molecular flexibility index (Phi) is 4.62. The van der Waals surface area contributed by atoms with Crippen LogP contribution < -0.4 is 5.32 Å². The highest BCUT2D eigenvalue weighted by molar-refractivity contribution is 6.06. The fourth-order valence-electron chi connectivity index (χ4n) is 3.40. The third-order valence-corrected chi connectivity index (χ3v) is 4.78. The van der Waals surface area contributed by atoms with Crippen molar-refractivity contribution in [2.45, 2.75) is 33.7 Å². The Labute approximate surface area is 168 Å². The van der Waals surface area contributed by atoms with Gasteiger partial charge in [-0.05, 0) is 39.8 Å². The Morgan fingerprint density at radius 2 is 1.97 bits per heavy atom. The molecule has 0 spiro atoms. The minimum atomic E-state index is -0.450. The monoisotopic (exact) mass is 390 g/mol. The lowest BCUT2D eigenvalue weighted by molar-refractivity contribution is 0.0934. The van der Waals surface area contributed by atoms with Crippen LogP contribution in [0, 0.1) is 20.8 Å². The van der Waals surface area contributed by atoms with E-state index in [-0.39, 0.29) is 5.91 Å². The highest BCUT2D eigenvalue weighted by Crippen LogP contribution is 2.23. The fraction of sp³-hybridized carbons (Fsp3) is 0.286. The van der Waals surface area contributed by atoms with Gasteiger partial charge >= 0.3 is 0 Å². The number of pyridine rings is 1. The summed E-state index contributed by atoms with van der Waals surface area (Å²) in [6.45, 7) is 7.54. The molecule has 0 radical (unpaired) electrons. The quantitative estimate of drug-likeness (QED) is 0.573. The minimum absolute atomic E-state index is 0.237. The van der Waals surface area contributed by atoms with Gasteiger partial charge in [-0.15, -0.1) is 0 Å². The molecule has 0 saturated carbocycles. The predicted molar refractivity (Wildman–Crippen MR) is 108 cm³/mol. The first-order valence-electron chi connectivity index (χ1n) is 9.36. The second-order valence-corrected chi connectivity index (χ2v) is 7.24. The lowest BCUT2D eigenvalue weighted by atomic mass is 10.1. The van der Waals surface area contributed by atoms with E-state index in [1.165, 1.54) is 0 Å². The molecule has 4 rings (SSSR count). The number of aryl methyl sites for hydroxylation is 4. The third-order valence-electron chi connectivity index (χ3n) is 4.78. The van der Waals surface area contributed by atoms with Crippen molar-refractivity contribution >= 4 is 16.9 Å². The number of rotatable bonds is 4. The average Bonchev–Trinajstić information content (AvgIpc) is 3.27. The number of nitrogens with zero attached hydrogens (tertiary/aromatic N) is 5. The molecular formula is C21H22N6O2. The second-order valence-electron chi connectivity index (χ2n) is 7.24. The van der Waals surface area contributed by atoms with E-state index in [4.69, 9.17) is 4.52 Å². The van der Waals surface area contributed by atoms with Gasteiger partial charge in [-0.1, -0.05) is 28.9 Å². The van der Waals surface area contributed by atoms with Gasteiger partial charge in [0.2, 0.25) is 11.7 Å². The molecule has 0 bridgehead atoms. The zero-order valence-electron chi connectivity index (χ0n) is 17.0. The molecule has 0 unspecified atom stereocenters. The van der Waals surface area contributed by atoms with Gasteiger partial charge < -0.3 is 9.84 Å². The van der Waals surface area contributed by atoms with Crippen LogP contribution in [0.4, 0.5) is 0 Å². The van der Waals surface area contributed by atoms with Crippen molar-refractivity contribution in [2.75, 3.05) is 0 Å². The van der Waals surface area contributed by atoms with Crippen molar-refractivity contribution in [1.82, 2.24) is 30.2 Å². The highest BCUT2D eigenvalue weighted by Gasteiger charge is 2.22. The van der Waals surface area contributed by atoms with Crippen molar-refractivity contribution in [2.24, 2.45) is 7.05 Å². The maximum Gasteiger partial charge on any atom is 0.252 e. The molecule has 148 valence electrons. The molecule has 1 aromatic carbocycles. The topological polar surface area (TPSA) is 98.7 Å². The van der Waals surface area contributed by atoms with E-state index in [9.17, 15) is 4.79 Å². The summed E-state index contributed by atoms with van der Waals surface area (Å²) in [4.78, 5) is 22.0. The van der Waals surface area contributed by atoms with E-state index >= 15 is 0 Å². The number of carbonyl (C=O) groups is 1. The fourth-order valence-corrected chi connectivity index (χ4v) is 3.40. The number of hydrogen-bond donors (Lipinski definition) is 1. The average molecular weight is 390 g/mol. The maximum absolute atomic E-state index is 13.0. The van der Waals surface area contributed by atoms with E-state index in [1.54, 1.807) is 10.7 Å². The maximum atomic E-state index is 13.0. The van der Waals surface area contributed by atoms with Crippen LogP contribution in [0.25, 0.3) is 22.4 Å². The molecule has 8 nitrogen and oxygen atoms in total. The Hall–Kier alpha value is -3.55. The largest absolute Gasteiger partial charge is 0.340 e. The number of aromatic nitrogens is 5. The summed E-state index contributed by atoms with van der Waals surface area (Å²) in [7, 11) is 1.82. The molecule has 1 amide bonds. The third kappa shape index (κ3) is 3.49. The summed E-state index contributed by atoms with van der Waals surface area (Å²) in [6.07, 6.45) is 0. The van der Waals surface area contributed by atoms with Crippen LogP contribution >= 0.6 is 0 Å². The molecule has 0 aliphatic heterocycles. The van der Waals surface area contributed by atoms with Crippen molar-refractivity contribution < 1.29 is 9.32 Å². The van der Waals surface area contributed by atoms with Crippen molar-refractivity contribution in [3.63, 3.8) is 0 Å². The molecule has 0 aliphatic rings. The number of nitrogens with one attached hydrogen (secondary N) is 1. The van der Waals surface area contributed by atoms with Gasteiger partial charge in [0, 0.05) is 18.3 Å². The summed E-state index contributed by atoms with van der Waals surface area (Å²) in [6, 6.07) is 9.18. The number of fused-ring (bicyclic) bond motifs is 1. The van der Waals surface area contributed by atoms with Crippen LogP contribution in [-0.2, 0) is 7.05 Å². The Morgan fingerprint density at radius 3 is 2.72 bits per heavy atom. The first-order valence-corrected chi connectivity index (χ1v) is 9.36. The molecule has 1 atom stereocenters. The van der Waals surface area contributed by atoms with Gasteiger partial charge in [0.15, 0.2) is 5.65 Å². The highest BCUT2D eigenvalue weighted by atomic mass is 16.5. The van der Waals surface area contributed by atoms with Gasteiger partial charge in [-0.2, -0.15) is 10.1 Å². The molecule has 3 aromatic heterocycles. The minimum Gasteiger partial charge on any atom is -0.340 e. The molecule has 0 saturated heterocycles. The number of benzene rings is 1. The molecule has 4 aromatic rings. The number of amides is 1. The van der Waals surface area contributed by atoms with Crippen LogP contribution in [0.2, 0.25) is 0 Å². The van der Waals surface area contributed by atoms with E-state index in [0.717, 1.165) is 27.9 Å². The van der Waals surface area contributed by atoms with Crippen LogP contribution in [-0.4, -0.2) is 30.8 Å². The summed E-state index contributed by atoms with van der Waals surface area (Å²) < 4.78 is 7.08. The van der Waals surface area contributed by atoms with E-state index in [0.29, 0.717) is 22.9 Å². The summed E-state index contributed by atoms with van der Waals surface area (Å²) in [5, 5.41) is 12.1. The van der Waals surface area contributed by atoms with Crippen LogP contribution in [0.1, 0.15) is 46.2 Å². The van der Waals surface area contributed by atoms with Crippen molar-refractivity contribution in [3.05, 3.63) is 58.7 Å². The predicted octanol–water partition coefficient (Wildman–Crippen LogP) is 3.43. The van der Waals surface area contributed by atoms with Crippen LogP contribution in [0.5, 0.6) is 0 Å². The van der Waals surface area contributed by atoms with E-state index < -0.39 is 6.04 Å². The molecular weight excluding hydrogens is 368 g/mol. The SMILES string of the molecule is Cc1cccc(-c2noc([C@H](C)NC(=O)c3cc(C)nc4c3c(C)nn4C)n2)c1. The molecule has 3 heterocycles. The second kappa shape index (κ2) is 7.12. The number of hydrogen-bond acceptors (Lipinski definition) is 6. The van der Waals surface area contributed by atoms with Crippen LogP contribution in [0.3, 0.4) is 0 Å². The number of carbonyl (C=O) groups excluding carboxylic acids is 1. The molecule has 8 heteroatoms. The zero-order chi connectivity index (χ0) is 20.7. The first kappa shape index (κ1) is 18.8. The summed E-state index contributed by atoms with van der Waals surface area (Å²) >= 11 is 0. The smallest absolute Gasteiger partial charge is 0.252 e. The normalized spacial score (nSPS) is 12.3. The summed E-state index contributed by atoms with van der Waals surface area (Å²) in [5.74, 6) is 0.606. The lowest BCUT2D eigenvalue weighted by Gasteiger charge is -2.11. The van der Waals surface area contributed by atoms with E-state index in [2.05, 4.69) is 25.5 Å². The standard InChI is InChI=1S/C21H22N6O2/c1-11-7-6-8-15(9-11)18-24-21(29-26-18)14(4)23-20(28)16-10-12(2)22-19-17(16)13(3)25-27(19)5/h6-10,14H,1-5H3,(H,23,28)/t14-/m0/s1. The lowest BCUT2D eigenvalue weighted by Crippen LogP contribution is -2.27. The van der Waals surface area contributed by atoms with Gasteiger partial charge in [-0.25, -0.2) is 4.98 Å². The molecule has 0 aliphatic carbocycles. The molecule has 0 fully saturated rings. The first-order chi connectivity index (χ1) is 13.8. The van der Waals surface area contributed by atoms with Crippen molar-refractivity contribution in [1.29, 1.82) is 0 Å². The van der Waals surface area contributed by atoms with Crippen LogP contribution in [0.15, 0.2) is 34.9 Å². The molecule has 1 N–H and O–H groups in total. The van der Waals surface area contributed by atoms with E-state index in [1.807, 2.05) is 59.0 Å². The summed E-state index contributed by atoms with van der Waals surface area (Å²) in [5.41, 5.74) is 4.70. The Morgan fingerprint density at radius 1 is 1.17 bits per heavy atom. The van der Waals surface area contributed by atoms with Gasteiger partial charge in [0.05, 0.1) is 16.6 Å². The van der Waals surface area contributed by atoms with Gasteiger partial charge in [0.25, 0.3) is 5.91 Å². The molecule has 29 heavy (non-hydrogen) atoms. The van der Waals surface area contributed by atoms with Gasteiger partial charge in [0.1, 0.15) is 6.04 Å². The van der Waals surface area contributed by atoms with Crippen molar-refractivity contribution in [3.8, 4) is 11.4 Å². The zero-order valence-corrected chi connectivity index (χ0v) is 17.0. The Balaban J connectivity index is 1.60. The van der Waals surface area contributed by atoms with Gasteiger partial charge in [-0.3, -0.25) is 9.48 Å².